The third kappa shape index (κ3) is 1.66. The largest absolute Gasteiger partial charge is 0.390 e. The van der Waals surface area contributed by atoms with Gasteiger partial charge in [-0.05, 0) is 12.1 Å². The van der Waals surface area contributed by atoms with E-state index < -0.39 is 18.6 Å². The maximum atomic E-state index is 13.2. The van der Waals surface area contributed by atoms with Crippen LogP contribution in [0.15, 0.2) is 24.5 Å². The highest BCUT2D eigenvalue weighted by Gasteiger charge is 2.39. The second kappa shape index (κ2) is 3.80. The fourth-order valence-corrected chi connectivity index (χ4v) is 1.55. The number of aliphatic hydroxyl groups excluding tert-OH is 1. The average Bonchev–Trinajstić information content (AvgIpc) is 2.75. The number of nitrogens with one attached hydrogen (secondary N) is 1. The summed E-state index contributed by atoms with van der Waals surface area (Å²) in [4.78, 5) is 6.74. The summed E-state index contributed by atoms with van der Waals surface area (Å²) in [6.45, 7) is -1.29. The number of halogens is 2. The zero-order chi connectivity index (χ0) is 11.8. The summed E-state index contributed by atoms with van der Waals surface area (Å²) in [5, 5.41) is 9.13. The fraction of sp³-hybridized carbons (Fsp3) is 0.300. The van der Waals surface area contributed by atoms with Crippen LogP contribution in [0, 0.1) is 0 Å². The van der Waals surface area contributed by atoms with E-state index in [1.807, 2.05) is 0 Å². The third-order valence-electron chi connectivity index (χ3n) is 2.47. The smallest absolute Gasteiger partial charge is 0.291 e. The molecule has 2 rings (SSSR count). The first kappa shape index (κ1) is 11.0. The minimum Gasteiger partial charge on any atom is -0.390 e. The maximum absolute atomic E-state index is 13.2. The zero-order valence-electron chi connectivity index (χ0n) is 8.32. The second-order valence-electron chi connectivity index (χ2n) is 3.53. The normalized spacial score (nSPS) is 14.2. The number of aromatic nitrogens is 2. The number of nitrogens with two attached hydrogens (primary N) is 1. The lowest BCUT2D eigenvalue weighted by Gasteiger charge is -2.21. The number of fused-ring (bicyclic) bond motifs is 1. The highest BCUT2D eigenvalue weighted by molar-refractivity contribution is 5.81. The molecule has 0 aliphatic rings. The van der Waals surface area contributed by atoms with Crippen molar-refractivity contribution in [1.29, 1.82) is 0 Å². The Morgan fingerprint density at radius 3 is 2.94 bits per heavy atom. The van der Waals surface area contributed by atoms with Crippen molar-refractivity contribution in [2.75, 3.05) is 6.61 Å². The summed E-state index contributed by atoms with van der Waals surface area (Å²) in [6, 6.07) is 1.69. The summed E-state index contributed by atoms with van der Waals surface area (Å²) in [5.74, 6) is -3.38. The molecule has 0 saturated carbocycles. The Morgan fingerprint density at radius 2 is 2.25 bits per heavy atom. The summed E-state index contributed by atoms with van der Waals surface area (Å²) in [7, 11) is 0. The van der Waals surface area contributed by atoms with Crippen molar-refractivity contribution >= 4 is 10.9 Å². The molecular weight excluding hydrogens is 216 g/mol. The van der Waals surface area contributed by atoms with Gasteiger partial charge in [0.15, 0.2) is 0 Å². The Labute approximate surface area is 90.1 Å². The Balaban J connectivity index is 2.51. The van der Waals surface area contributed by atoms with Crippen molar-refractivity contribution in [1.82, 2.24) is 9.97 Å². The Bertz CT molecular complexity index is 498. The van der Waals surface area contributed by atoms with Crippen molar-refractivity contribution in [2.45, 2.75) is 12.0 Å². The predicted molar refractivity (Wildman–Crippen MR) is 55.1 cm³/mol. The van der Waals surface area contributed by atoms with Crippen molar-refractivity contribution in [3.63, 3.8) is 0 Å². The number of nitrogens with zero attached hydrogens (tertiary/aromatic N) is 1. The molecule has 86 valence electrons. The lowest BCUT2D eigenvalue weighted by molar-refractivity contribution is -0.0717. The number of H-pyrrole nitrogens is 1. The van der Waals surface area contributed by atoms with Gasteiger partial charge in [-0.3, -0.25) is 4.98 Å². The molecule has 0 radical (unpaired) electrons. The first-order chi connectivity index (χ1) is 7.56. The minimum atomic E-state index is -3.38. The second-order valence-corrected chi connectivity index (χ2v) is 3.53. The molecule has 0 fully saturated rings. The van der Waals surface area contributed by atoms with Crippen LogP contribution in [0.5, 0.6) is 0 Å². The molecule has 0 aliphatic heterocycles. The van der Waals surface area contributed by atoms with Crippen LogP contribution in [0.3, 0.4) is 0 Å². The maximum Gasteiger partial charge on any atom is 0.291 e. The van der Waals surface area contributed by atoms with Gasteiger partial charge in [-0.25, -0.2) is 8.78 Å². The van der Waals surface area contributed by atoms with E-state index >= 15 is 0 Å². The molecule has 2 heterocycles. The summed E-state index contributed by atoms with van der Waals surface area (Å²) < 4.78 is 26.5. The lowest BCUT2D eigenvalue weighted by atomic mass is 10.0. The van der Waals surface area contributed by atoms with Gasteiger partial charge in [0.2, 0.25) is 0 Å². The Morgan fingerprint density at radius 1 is 1.50 bits per heavy atom. The minimum absolute atomic E-state index is 0.0813. The summed E-state index contributed by atoms with van der Waals surface area (Å²) >= 11 is 0. The van der Waals surface area contributed by atoms with Crippen LogP contribution < -0.4 is 5.73 Å². The summed E-state index contributed by atoms with van der Waals surface area (Å²) in [5.41, 5.74) is 6.19. The van der Waals surface area contributed by atoms with Gasteiger partial charge in [0.05, 0.1) is 5.69 Å². The SMILES string of the molecule is N[C@@H](c1nccc2[nH]ccc12)C(F)(F)CO. The van der Waals surface area contributed by atoms with Gasteiger partial charge >= 0.3 is 0 Å². The molecule has 0 bridgehead atoms. The van der Waals surface area contributed by atoms with Crippen molar-refractivity contribution in [3.05, 3.63) is 30.2 Å². The van der Waals surface area contributed by atoms with Gasteiger partial charge in [0.1, 0.15) is 12.6 Å². The van der Waals surface area contributed by atoms with Gasteiger partial charge in [-0.1, -0.05) is 0 Å². The van der Waals surface area contributed by atoms with E-state index in [0.717, 1.165) is 0 Å². The first-order valence-electron chi connectivity index (χ1n) is 4.72. The molecule has 4 nitrogen and oxygen atoms in total. The highest BCUT2D eigenvalue weighted by atomic mass is 19.3. The topological polar surface area (TPSA) is 74.9 Å². The predicted octanol–water partition coefficient (Wildman–Crippen LogP) is 1.19. The lowest BCUT2D eigenvalue weighted by Crippen LogP contribution is -2.36. The van der Waals surface area contributed by atoms with E-state index in [-0.39, 0.29) is 5.69 Å². The van der Waals surface area contributed by atoms with Gasteiger partial charge in [-0.2, -0.15) is 0 Å². The third-order valence-corrected chi connectivity index (χ3v) is 2.47. The van der Waals surface area contributed by atoms with E-state index in [2.05, 4.69) is 9.97 Å². The average molecular weight is 227 g/mol. The van der Waals surface area contributed by atoms with E-state index in [1.165, 1.54) is 6.20 Å². The Kier molecular flexibility index (Phi) is 2.61. The molecule has 0 saturated heterocycles. The van der Waals surface area contributed by atoms with Gasteiger partial charge in [-0.15, -0.1) is 0 Å². The van der Waals surface area contributed by atoms with Crippen molar-refractivity contribution in [2.24, 2.45) is 5.73 Å². The number of alkyl halides is 2. The molecule has 2 aromatic heterocycles. The van der Waals surface area contributed by atoms with Crippen LogP contribution in [0.1, 0.15) is 11.7 Å². The zero-order valence-corrected chi connectivity index (χ0v) is 8.32. The fourth-order valence-electron chi connectivity index (χ4n) is 1.55. The van der Waals surface area contributed by atoms with Gasteiger partial charge in [0.25, 0.3) is 5.92 Å². The van der Waals surface area contributed by atoms with Crippen LogP contribution in [-0.4, -0.2) is 27.6 Å². The number of aromatic amines is 1. The molecule has 2 aromatic rings. The quantitative estimate of drug-likeness (QED) is 0.737. The van der Waals surface area contributed by atoms with Crippen molar-refractivity contribution in [3.8, 4) is 0 Å². The number of aliphatic hydroxyl groups is 1. The van der Waals surface area contributed by atoms with Gasteiger partial charge in [0, 0.05) is 23.3 Å². The van der Waals surface area contributed by atoms with E-state index in [1.54, 1.807) is 18.3 Å². The standard InChI is InChI=1S/C10H11F2N3O/c11-10(12,5-16)9(13)8-6-1-3-14-7(6)2-4-15-8/h1-4,9,14,16H,5,13H2/t9-/m0/s1. The molecular formula is C10H11F2N3O. The van der Waals surface area contributed by atoms with E-state index in [0.29, 0.717) is 10.9 Å². The Hall–Kier alpha value is -1.53. The number of hydrogen-bond donors (Lipinski definition) is 3. The molecule has 0 amide bonds. The van der Waals surface area contributed by atoms with E-state index in [9.17, 15) is 8.78 Å². The van der Waals surface area contributed by atoms with Gasteiger partial charge < -0.3 is 15.8 Å². The number of pyridine rings is 1. The number of rotatable bonds is 3. The summed E-state index contributed by atoms with van der Waals surface area (Å²) in [6.07, 6.45) is 3.03. The molecule has 0 unspecified atom stereocenters. The molecule has 0 spiro atoms. The van der Waals surface area contributed by atoms with Crippen LogP contribution in [0.2, 0.25) is 0 Å². The molecule has 16 heavy (non-hydrogen) atoms. The molecule has 0 aromatic carbocycles. The van der Waals surface area contributed by atoms with Crippen LogP contribution >= 0.6 is 0 Å². The highest BCUT2D eigenvalue weighted by Crippen LogP contribution is 2.31. The molecule has 6 heteroatoms. The molecule has 1 atom stereocenters. The monoisotopic (exact) mass is 227 g/mol. The van der Waals surface area contributed by atoms with Crippen LogP contribution in [0.25, 0.3) is 10.9 Å². The number of hydrogen-bond acceptors (Lipinski definition) is 3. The van der Waals surface area contributed by atoms with E-state index in [4.69, 9.17) is 10.8 Å². The van der Waals surface area contributed by atoms with Crippen LogP contribution in [0.4, 0.5) is 8.78 Å². The van der Waals surface area contributed by atoms with Crippen molar-refractivity contribution < 1.29 is 13.9 Å². The first-order valence-corrected chi connectivity index (χ1v) is 4.72. The van der Waals surface area contributed by atoms with Crippen LogP contribution in [-0.2, 0) is 0 Å². The molecule has 0 aliphatic carbocycles. The molecule has 4 N–H and O–H groups in total.